The lowest BCUT2D eigenvalue weighted by atomic mass is 9.63. The molecule has 0 aromatic carbocycles. The van der Waals surface area contributed by atoms with E-state index < -0.39 is 11.9 Å². The van der Waals surface area contributed by atoms with E-state index in [-0.39, 0.29) is 42.4 Å². The van der Waals surface area contributed by atoms with Gasteiger partial charge in [-0.2, -0.15) is 23.5 Å². The maximum absolute atomic E-state index is 13.3. The quantitative estimate of drug-likeness (QED) is 0.463. The number of ether oxygens (including phenoxy) is 1. The maximum atomic E-state index is 13.3. The van der Waals surface area contributed by atoms with Crippen molar-refractivity contribution in [2.75, 3.05) is 19.7 Å². The van der Waals surface area contributed by atoms with Crippen molar-refractivity contribution in [2.45, 2.75) is 69.4 Å². The molecular weight excluding hydrogens is 549 g/mol. The van der Waals surface area contributed by atoms with E-state index in [9.17, 15) is 23.5 Å². The van der Waals surface area contributed by atoms with Crippen LogP contribution in [0.25, 0.3) is 0 Å². The molecule has 2 aromatic rings. The summed E-state index contributed by atoms with van der Waals surface area (Å²) in [5, 5.41) is 26.6. The van der Waals surface area contributed by atoms with Crippen LogP contribution < -0.4 is 10.1 Å². The third-order valence-electron chi connectivity index (χ3n) is 8.73. The van der Waals surface area contributed by atoms with Crippen molar-refractivity contribution in [3.05, 3.63) is 53.6 Å². The van der Waals surface area contributed by atoms with Crippen LogP contribution in [0.5, 0.6) is 5.88 Å². The van der Waals surface area contributed by atoms with Crippen molar-refractivity contribution in [3.63, 3.8) is 0 Å². The van der Waals surface area contributed by atoms with Gasteiger partial charge in [0.05, 0.1) is 24.2 Å². The zero-order valence-electron chi connectivity index (χ0n) is 23.0. The molecule has 0 bridgehead atoms. The molecule has 4 aliphatic rings. The summed E-state index contributed by atoms with van der Waals surface area (Å²) >= 11 is 0. The van der Waals surface area contributed by atoms with Gasteiger partial charge < -0.3 is 20.1 Å². The van der Waals surface area contributed by atoms with Gasteiger partial charge in [0.2, 0.25) is 5.88 Å². The highest BCUT2D eigenvalue weighted by Gasteiger charge is 2.47. The smallest absolute Gasteiger partial charge is 0.433 e. The number of alkyl halides is 3. The molecule has 6 rings (SSSR count). The van der Waals surface area contributed by atoms with Crippen molar-refractivity contribution in [1.82, 2.24) is 25.0 Å². The zero-order valence-corrected chi connectivity index (χ0v) is 23.0. The van der Waals surface area contributed by atoms with E-state index in [0.29, 0.717) is 37.4 Å². The number of hydrogen-bond acceptors (Lipinski definition) is 9. The normalized spacial score (nSPS) is 27.6. The minimum Gasteiger partial charge on any atom is -0.474 e. The number of piperidine rings is 1. The largest absolute Gasteiger partial charge is 0.474 e. The minimum atomic E-state index is -4.59. The number of amidine groups is 1. The molecule has 222 valence electrons. The fourth-order valence-electron chi connectivity index (χ4n) is 6.58. The van der Waals surface area contributed by atoms with Crippen LogP contribution in [0, 0.1) is 22.7 Å². The first kappa shape index (κ1) is 28.4. The van der Waals surface area contributed by atoms with E-state index >= 15 is 0 Å². The second-order valence-electron chi connectivity index (χ2n) is 11.6. The Bertz CT molecular complexity index is 1410. The van der Waals surface area contributed by atoms with Gasteiger partial charge >= 0.3 is 6.18 Å². The Morgan fingerprint density at radius 2 is 2.02 bits per heavy atom. The Morgan fingerprint density at radius 3 is 2.76 bits per heavy atom. The second kappa shape index (κ2) is 11.5. The topological polar surface area (TPSA) is 124 Å². The van der Waals surface area contributed by atoms with Crippen LogP contribution >= 0.6 is 0 Å². The number of hydrogen-bond donors (Lipinski definition) is 2. The summed E-state index contributed by atoms with van der Waals surface area (Å²) < 4.78 is 47.8. The first-order valence-corrected chi connectivity index (χ1v) is 14.3. The summed E-state index contributed by atoms with van der Waals surface area (Å²) in [6.45, 7) is 1.93. The molecule has 13 heteroatoms. The van der Waals surface area contributed by atoms with Crippen molar-refractivity contribution in [1.29, 1.82) is 5.26 Å². The first-order chi connectivity index (χ1) is 20.2. The first-order valence-electron chi connectivity index (χ1n) is 14.3. The minimum absolute atomic E-state index is 0.0513. The third kappa shape index (κ3) is 5.91. The molecule has 42 heavy (non-hydrogen) atoms. The van der Waals surface area contributed by atoms with E-state index in [4.69, 9.17) is 4.74 Å². The van der Waals surface area contributed by atoms with Gasteiger partial charge in [0.1, 0.15) is 24.0 Å². The van der Waals surface area contributed by atoms with E-state index in [1.165, 1.54) is 6.07 Å². The zero-order chi connectivity index (χ0) is 29.3. The number of nitriles is 1. The van der Waals surface area contributed by atoms with Gasteiger partial charge in [0, 0.05) is 61.9 Å². The van der Waals surface area contributed by atoms with Crippen molar-refractivity contribution in [2.24, 2.45) is 21.3 Å². The molecule has 1 saturated carbocycles. The van der Waals surface area contributed by atoms with E-state index in [2.05, 4.69) is 42.4 Å². The highest BCUT2D eigenvalue weighted by molar-refractivity contribution is 5.96. The summed E-state index contributed by atoms with van der Waals surface area (Å²) in [6, 6.07) is 5.08. The number of likely N-dealkylation sites (tertiary alicyclic amines) is 1. The van der Waals surface area contributed by atoms with Crippen molar-refractivity contribution < 1.29 is 23.0 Å². The monoisotopic (exact) mass is 582 g/mol. The van der Waals surface area contributed by atoms with Gasteiger partial charge in [-0.25, -0.2) is 9.98 Å². The summed E-state index contributed by atoms with van der Waals surface area (Å²) in [7, 11) is 0. The molecule has 2 N–H and O–H groups in total. The fourth-order valence-corrected chi connectivity index (χ4v) is 6.58. The highest BCUT2D eigenvalue weighted by Crippen LogP contribution is 2.48. The van der Waals surface area contributed by atoms with E-state index in [1.807, 2.05) is 23.3 Å². The number of pyridine rings is 1. The van der Waals surface area contributed by atoms with Gasteiger partial charge in [-0.1, -0.05) is 6.08 Å². The van der Waals surface area contributed by atoms with E-state index in [0.717, 1.165) is 43.4 Å². The van der Waals surface area contributed by atoms with Gasteiger partial charge in [0.15, 0.2) is 0 Å². The van der Waals surface area contributed by atoms with Crippen molar-refractivity contribution >= 4 is 12.2 Å². The summed E-state index contributed by atoms with van der Waals surface area (Å²) in [4.78, 5) is 15.0. The molecule has 0 radical (unpaired) electrons. The molecular formula is C29H33F3N8O2. The van der Waals surface area contributed by atoms with Crippen LogP contribution in [0.4, 0.5) is 13.2 Å². The molecule has 5 heterocycles. The predicted molar refractivity (Wildman–Crippen MR) is 148 cm³/mol. The molecule has 1 saturated heterocycles. The molecule has 3 aliphatic heterocycles. The van der Waals surface area contributed by atoms with Gasteiger partial charge in [-0.3, -0.25) is 9.67 Å². The highest BCUT2D eigenvalue weighted by atomic mass is 19.4. The number of fused-ring (bicyclic) bond motifs is 1. The average Bonchev–Trinajstić information content (AvgIpc) is 3.61. The molecule has 0 amide bonds. The van der Waals surface area contributed by atoms with Crippen LogP contribution in [0.2, 0.25) is 0 Å². The van der Waals surface area contributed by atoms with Crippen LogP contribution in [0.15, 0.2) is 46.8 Å². The number of nitrogens with one attached hydrogen (secondary N) is 1. The maximum Gasteiger partial charge on any atom is 0.433 e. The number of aliphatic imine (C=N–C) groups is 2. The van der Waals surface area contributed by atoms with Crippen LogP contribution in [-0.4, -0.2) is 68.8 Å². The Kier molecular flexibility index (Phi) is 7.76. The van der Waals surface area contributed by atoms with Gasteiger partial charge in [0.25, 0.3) is 0 Å². The van der Waals surface area contributed by atoms with E-state index in [1.54, 1.807) is 6.34 Å². The van der Waals surface area contributed by atoms with Crippen LogP contribution in [0.3, 0.4) is 0 Å². The number of nitrogens with zero attached hydrogens (tertiary/aromatic N) is 7. The van der Waals surface area contributed by atoms with Gasteiger partial charge in [-0.05, 0) is 49.9 Å². The third-order valence-corrected chi connectivity index (χ3v) is 8.73. The number of aromatic nitrogens is 3. The SMILES string of the molecule is N#CCC1(Cn2cc(C3N=CN=C4NC=CC43)cn2)CC(N2CCC(Oc3cc(CCO)cc(C(F)(F)F)n3)CC2)C1. The molecule has 2 atom stereocenters. The Labute approximate surface area is 241 Å². The molecule has 0 spiro atoms. The number of rotatable bonds is 9. The van der Waals surface area contributed by atoms with Gasteiger partial charge in [-0.15, -0.1) is 0 Å². The fraction of sp³-hybridized carbons (Fsp3) is 0.552. The summed E-state index contributed by atoms with van der Waals surface area (Å²) in [5.74, 6) is 0.912. The van der Waals surface area contributed by atoms with Crippen molar-refractivity contribution in [3.8, 4) is 11.9 Å². The van der Waals surface area contributed by atoms with Crippen LogP contribution in [-0.2, 0) is 19.1 Å². The number of aliphatic hydroxyl groups excluding tert-OH is 1. The lowest BCUT2D eigenvalue weighted by Gasteiger charge is -2.52. The Balaban J connectivity index is 1.03. The standard InChI is InChI=1S/C29H33F3N8O2/c30-29(31,32)24-11-19(4-10-41)12-25(38-24)42-22-2-8-39(9-3-22)21-13-28(14-21,5-6-33)17-40-16-20(15-37-40)26-23-1-7-34-27(23)36-18-35-26/h1,7,11-12,15-16,18,21-23,26,41H,2-5,8-10,13-14,17H2,(H,34,35,36). The summed E-state index contributed by atoms with van der Waals surface area (Å²) in [6.07, 6.45) is 8.26. The molecule has 2 fully saturated rings. The summed E-state index contributed by atoms with van der Waals surface area (Å²) in [5.41, 5.74) is 0.197. The molecule has 1 aliphatic carbocycles. The van der Waals surface area contributed by atoms with Crippen LogP contribution in [0.1, 0.15) is 55.0 Å². The molecule has 2 unspecified atom stereocenters. The predicted octanol–water partition coefficient (Wildman–Crippen LogP) is 3.65. The number of aliphatic hydroxyl groups is 1. The number of halogens is 3. The lowest BCUT2D eigenvalue weighted by molar-refractivity contribution is -0.141. The lowest BCUT2D eigenvalue weighted by Crippen LogP contribution is -2.55. The Hall–Kier alpha value is -3.76. The second-order valence-corrected chi connectivity index (χ2v) is 11.6. The molecule has 10 nitrogen and oxygen atoms in total. The average molecular weight is 583 g/mol. The Morgan fingerprint density at radius 1 is 1.21 bits per heavy atom. The molecule has 2 aromatic heterocycles.